The normalized spacial score (nSPS) is 28.4. The zero-order valence-corrected chi connectivity index (χ0v) is 11.5. The standard InChI is InChI=1S/C11H17NO3S2/c1-17-11(16)15-9-6-8(7-9)10(13)12-2-4-14-5-3-12/h8-9H,2-7H2,1H3/t8-,9+. The predicted octanol–water partition coefficient (Wildman–Crippen LogP) is 1.29. The zero-order chi connectivity index (χ0) is 12.3. The molecule has 0 atom stereocenters. The fourth-order valence-corrected chi connectivity index (χ4v) is 2.46. The molecule has 96 valence electrons. The van der Waals surface area contributed by atoms with Gasteiger partial charge in [-0.2, -0.15) is 0 Å². The van der Waals surface area contributed by atoms with E-state index in [2.05, 4.69) is 0 Å². The van der Waals surface area contributed by atoms with Gasteiger partial charge in [-0.1, -0.05) is 11.8 Å². The number of hydrogen-bond acceptors (Lipinski definition) is 5. The summed E-state index contributed by atoms with van der Waals surface area (Å²) in [6.45, 7) is 2.78. The average molecular weight is 275 g/mol. The van der Waals surface area contributed by atoms with Gasteiger partial charge in [0.25, 0.3) is 0 Å². The summed E-state index contributed by atoms with van der Waals surface area (Å²) < 4.78 is 11.3. The first-order valence-electron chi connectivity index (χ1n) is 5.82. The van der Waals surface area contributed by atoms with Crippen molar-refractivity contribution in [2.45, 2.75) is 18.9 Å². The molecule has 0 aromatic heterocycles. The van der Waals surface area contributed by atoms with Crippen molar-refractivity contribution in [3.05, 3.63) is 0 Å². The van der Waals surface area contributed by atoms with Crippen LogP contribution in [0.2, 0.25) is 0 Å². The molecule has 0 radical (unpaired) electrons. The summed E-state index contributed by atoms with van der Waals surface area (Å²) in [7, 11) is 0. The molecule has 4 nitrogen and oxygen atoms in total. The van der Waals surface area contributed by atoms with E-state index in [4.69, 9.17) is 21.7 Å². The molecule has 17 heavy (non-hydrogen) atoms. The molecular formula is C11H17NO3S2. The summed E-state index contributed by atoms with van der Waals surface area (Å²) in [6, 6.07) is 0. The van der Waals surface area contributed by atoms with Crippen LogP contribution < -0.4 is 0 Å². The minimum atomic E-state index is 0.128. The molecule has 0 aromatic rings. The van der Waals surface area contributed by atoms with Crippen molar-refractivity contribution in [1.29, 1.82) is 0 Å². The molecule has 1 saturated carbocycles. The maximum atomic E-state index is 12.1. The molecule has 0 spiro atoms. The smallest absolute Gasteiger partial charge is 0.226 e. The van der Waals surface area contributed by atoms with Crippen LogP contribution in [0.5, 0.6) is 0 Å². The molecule has 1 heterocycles. The van der Waals surface area contributed by atoms with Gasteiger partial charge < -0.3 is 14.4 Å². The van der Waals surface area contributed by atoms with E-state index in [1.807, 2.05) is 11.2 Å². The highest BCUT2D eigenvalue weighted by Crippen LogP contribution is 2.32. The summed E-state index contributed by atoms with van der Waals surface area (Å²) in [5.74, 6) is 0.381. The second kappa shape index (κ2) is 6.02. The van der Waals surface area contributed by atoms with Gasteiger partial charge in [0.1, 0.15) is 6.10 Å². The van der Waals surface area contributed by atoms with E-state index in [9.17, 15) is 4.79 Å². The molecular weight excluding hydrogens is 258 g/mol. The Bertz CT molecular complexity index is 299. The summed E-state index contributed by atoms with van der Waals surface area (Å²) in [6.07, 6.45) is 3.65. The Labute approximate surface area is 111 Å². The molecule has 0 bridgehead atoms. The Morgan fingerprint density at radius 3 is 2.65 bits per heavy atom. The van der Waals surface area contributed by atoms with E-state index in [0.29, 0.717) is 17.6 Å². The lowest BCUT2D eigenvalue weighted by Crippen LogP contribution is -2.48. The summed E-state index contributed by atoms with van der Waals surface area (Å²) >= 11 is 6.43. The van der Waals surface area contributed by atoms with Crippen molar-refractivity contribution in [3.8, 4) is 0 Å². The molecule has 2 aliphatic rings. The van der Waals surface area contributed by atoms with Crippen LogP contribution >= 0.6 is 24.0 Å². The quantitative estimate of drug-likeness (QED) is 0.710. The molecule has 1 amide bonds. The molecule has 1 aliphatic heterocycles. The maximum Gasteiger partial charge on any atom is 0.226 e. The Balaban J connectivity index is 1.71. The average Bonchev–Trinajstić information content (AvgIpc) is 2.33. The van der Waals surface area contributed by atoms with Gasteiger partial charge in [0.2, 0.25) is 10.3 Å². The third-order valence-electron chi connectivity index (χ3n) is 3.20. The monoisotopic (exact) mass is 275 g/mol. The summed E-state index contributed by atoms with van der Waals surface area (Å²) in [5, 5.41) is 0. The first-order valence-corrected chi connectivity index (χ1v) is 7.45. The van der Waals surface area contributed by atoms with E-state index in [1.165, 1.54) is 11.8 Å². The highest BCUT2D eigenvalue weighted by atomic mass is 32.2. The van der Waals surface area contributed by atoms with Crippen LogP contribution in [0.3, 0.4) is 0 Å². The van der Waals surface area contributed by atoms with Gasteiger partial charge in [-0.05, 0) is 31.3 Å². The highest BCUT2D eigenvalue weighted by Gasteiger charge is 2.38. The lowest BCUT2D eigenvalue weighted by molar-refractivity contribution is -0.145. The molecule has 6 heteroatoms. The van der Waals surface area contributed by atoms with Crippen LogP contribution in [-0.2, 0) is 14.3 Å². The first kappa shape index (κ1) is 13.1. The van der Waals surface area contributed by atoms with E-state index >= 15 is 0 Å². The van der Waals surface area contributed by atoms with Gasteiger partial charge in [0.15, 0.2) is 0 Å². The van der Waals surface area contributed by atoms with Crippen molar-refractivity contribution in [3.63, 3.8) is 0 Å². The highest BCUT2D eigenvalue weighted by molar-refractivity contribution is 8.22. The lowest BCUT2D eigenvalue weighted by atomic mass is 9.81. The summed E-state index contributed by atoms with van der Waals surface area (Å²) in [4.78, 5) is 14.0. The zero-order valence-electron chi connectivity index (χ0n) is 9.89. The number of rotatable bonds is 2. The minimum Gasteiger partial charge on any atom is -0.475 e. The fraction of sp³-hybridized carbons (Fsp3) is 0.818. The predicted molar refractivity (Wildman–Crippen MR) is 71.1 cm³/mol. The molecule has 0 N–H and O–H groups in total. The van der Waals surface area contributed by atoms with Crippen molar-refractivity contribution in [1.82, 2.24) is 4.90 Å². The molecule has 0 aromatic carbocycles. The third kappa shape index (κ3) is 3.33. The van der Waals surface area contributed by atoms with E-state index in [0.717, 1.165) is 25.9 Å². The third-order valence-corrected chi connectivity index (χ3v) is 4.22. The van der Waals surface area contributed by atoms with Gasteiger partial charge in [-0.3, -0.25) is 4.79 Å². The molecule has 2 fully saturated rings. The SMILES string of the molecule is CSC(=S)O[C@H]1C[C@@H](C(=O)N2CCOCC2)C1. The van der Waals surface area contributed by atoms with E-state index in [1.54, 1.807) is 0 Å². The van der Waals surface area contributed by atoms with Gasteiger partial charge in [-0.25, -0.2) is 0 Å². The second-order valence-electron chi connectivity index (χ2n) is 4.30. The minimum absolute atomic E-state index is 0.128. The Morgan fingerprint density at radius 2 is 2.06 bits per heavy atom. The molecule has 0 unspecified atom stereocenters. The first-order chi connectivity index (χ1) is 8.20. The Hall–Kier alpha value is -0.330. The maximum absolute atomic E-state index is 12.1. The van der Waals surface area contributed by atoms with Gasteiger partial charge >= 0.3 is 0 Å². The number of hydrogen-bond donors (Lipinski definition) is 0. The van der Waals surface area contributed by atoms with E-state index in [-0.39, 0.29) is 17.9 Å². The van der Waals surface area contributed by atoms with Crippen LogP contribution in [0.1, 0.15) is 12.8 Å². The number of carbonyl (C=O) groups is 1. The van der Waals surface area contributed by atoms with Crippen LogP contribution in [0.15, 0.2) is 0 Å². The van der Waals surface area contributed by atoms with Gasteiger partial charge in [0.05, 0.1) is 13.2 Å². The largest absolute Gasteiger partial charge is 0.475 e. The van der Waals surface area contributed by atoms with E-state index < -0.39 is 0 Å². The Kier molecular flexibility index (Phi) is 4.64. The van der Waals surface area contributed by atoms with Crippen LogP contribution in [-0.4, -0.2) is 53.9 Å². The lowest BCUT2D eigenvalue weighted by Gasteiger charge is -2.38. The van der Waals surface area contributed by atoms with Crippen LogP contribution in [0.4, 0.5) is 0 Å². The van der Waals surface area contributed by atoms with Crippen molar-refractivity contribution in [2.24, 2.45) is 5.92 Å². The van der Waals surface area contributed by atoms with Crippen molar-refractivity contribution >= 4 is 34.3 Å². The number of amides is 1. The topological polar surface area (TPSA) is 38.8 Å². The van der Waals surface area contributed by atoms with Crippen LogP contribution in [0.25, 0.3) is 0 Å². The van der Waals surface area contributed by atoms with Crippen molar-refractivity contribution < 1.29 is 14.3 Å². The second-order valence-corrected chi connectivity index (χ2v) is 5.71. The van der Waals surface area contributed by atoms with Crippen LogP contribution in [0, 0.1) is 5.92 Å². The number of morpholine rings is 1. The Morgan fingerprint density at radius 1 is 1.41 bits per heavy atom. The number of carbonyl (C=O) groups excluding carboxylic acids is 1. The van der Waals surface area contributed by atoms with Gasteiger partial charge in [-0.15, -0.1) is 0 Å². The van der Waals surface area contributed by atoms with Gasteiger partial charge in [0, 0.05) is 19.0 Å². The summed E-state index contributed by atoms with van der Waals surface area (Å²) in [5.41, 5.74) is 0. The molecule has 1 aliphatic carbocycles. The number of nitrogens with zero attached hydrogens (tertiary/aromatic N) is 1. The number of ether oxygens (including phenoxy) is 2. The fourth-order valence-electron chi connectivity index (χ4n) is 2.09. The number of thiocarbonyl (C=S) groups is 1. The molecule has 2 rings (SSSR count). The molecule has 1 saturated heterocycles. The number of thioether (sulfide) groups is 1. The van der Waals surface area contributed by atoms with Crippen molar-refractivity contribution in [2.75, 3.05) is 32.6 Å².